The van der Waals surface area contributed by atoms with Crippen LogP contribution in [0, 0.1) is 5.82 Å². The molecular formula is C29H28FN5O3S. The van der Waals surface area contributed by atoms with E-state index in [1.165, 1.54) is 29.2 Å². The van der Waals surface area contributed by atoms with Crippen molar-refractivity contribution in [1.29, 1.82) is 0 Å². The van der Waals surface area contributed by atoms with Crippen molar-refractivity contribution in [3.8, 4) is 0 Å². The van der Waals surface area contributed by atoms with Crippen LogP contribution >= 0.6 is 11.5 Å². The molecule has 1 heterocycles. The Labute approximate surface area is 229 Å². The van der Waals surface area contributed by atoms with Gasteiger partial charge in [0.1, 0.15) is 16.7 Å². The Kier molecular flexibility index (Phi) is 7.56. The number of rotatable bonds is 7. The van der Waals surface area contributed by atoms with Crippen molar-refractivity contribution in [3.05, 3.63) is 88.7 Å². The van der Waals surface area contributed by atoms with Crippen LogP contribution in [0.2, 0.25) is 0 Å². The normalized spacial score (nSPS) is 14.6. The summed E-state index contributed by atoms with van der Waals surface area (Å²) in [6, 6.07) is 17.2. The minimum Gasteiger partial charge on any atom is -0.395 e. The van der Waals surface area contributed by atoms with Gasteiger partial charge in [0.25, 0.3) is 11.8 Å². The number of nitrogen functional groups attached to an aromatic ring is 1. The number of nitrogens with two attached hydrogens (primary N) is 2. The summed E-state index contributed by atoms with van der Waals surface area (Å²) in [4.78, 5) is 41.6. The molecule has 0 bridgehead atoms. The maximum Gasteiger partial charge on any atom is 0.273 e. The number of primary amides is 1. The van der Waals surface area contributed by atoms with Gasteiger partial charge in [0.05, 0.1) is 11.4 Å². The lowest BCUT2D eigenvalue weighted by molar-refractivity contribution is -0.123. The lowest BCUT2D eigenvalue weighted by atomic mass is 9.94. The van der Waals surface area contributed by atoms with Crippen LogP contribution in [0.3, 0.4) is 0 Å². The highest BCUT2D eigenvalue weighted by Gasteiger charge is 2.37. The third-order valence-electron chi connectivity index (χ3n) is 7.04. The van der Waals surface area contributed by atoms with Gasteiger partial charge in [-0.05, 0) is 53.5 Å². The molecule has 1 fully saturated rings. The van der Waals surface area contributed by atoms with E-state index in [0.29, 0.717) is 11.3 Å². The summed E-state index contributed by atoms with van der Waals surface area (Å²) in [6.45, 7) is 0. The van der Waals surface area contributed by atoms with Crippen molar-refractivity contribution in [2.24, 2.45) is 5.73 Å². The largest absolute Gasteiger partial charge is 0.395 e. The van der Waals surface area contributed by atoms with Gasteiger partial charge in [-0.15, -0.1) is 0 Å². The van der Waals surface area contributed by atoms with Gasteiger partial charge in [-0.2, -0.15) is 4.37 Å². The van der Waals surface area contributed by atoms with Gasteiger partial charge in [-0.1, -0.05) is 67.8 Å². The zero-order valence-electron chi connectivity index (χ0n) is 21.1. The second kappa shape index (κ2) is 11.2. The highest BCUT2D eigenvalue weighted by molar-refractivity contribution is 7.09. The molecule has 1 aliphatic carbocycles. The van der Waals surface area contributed by atoms with Gasteiger partial charge in [0.2, 0.25) is 5.91 Å². The Hall–Kier alpha value is -4.31. The molecule has 0 aliphatic heterocycles. The van der Waals surface area contributed by atoms with E-state index < -0.39 is 29.6 Å². The summed E-state index contributed by atoms with van der Waals surface area (Å²) in [5.41, 5.74) is 12.1. The lowest BCUT2D eigenvalue weighted by Gasteiger charge is -2.34. The smallest absolute Gasteiger partial charge is 0.273 e. The van der Waals surface area contributed by atoms with Crippen molar-refractivity contribution >= 4 is 51.4 Å². The van der Waals surface area contributed by atoms with Gasteiger partial charge in [-0.25, -0.2) is 4.39 Å². The number of carbonyl (C=O) groups excluding carboxylic acids is 3. The van der Waals surface area contributed by atoms with Crippen LogP contribution in [-0.2, 0) is 4.79 Å². The number of nitrogens with one attached hydrogen (secondary N) is 1. The fourth-order valence-corrected chi connectivity index (χ4v) is 5.85. The standard InChI is InChI=1S/C29H28FN5O3S/c30-19-15-13-18(14-16-19)25(28(37)33-20-9-2-1-3-10-20)35(22-12-6-8-17-7-4-5-11-21(17)22)29(38)26-23(31)24(27(32)36)34-39-26/h4-8,11-16,20,25H,1-3,9-10,31H2,(H2,32,36)(H,33,37)/t25-/m1/s1. The van der Waals surface area contributed by atoms with Crippen molar-refractivity contribution in [2.75, 3.05) is 10.6 Å². The molecule has 8 nitrogen and oxygen atoms in total. The quantitative estimate of drug-likeness (QED) is 0.302. The summed E-state index contributed by atoms with van der Waals surface area (Å²) in [7, 11) is 0. The fourth-order valence-electron chi connectivity index (χ4n) is 5.11. The van der Waals surface area contributed by atoms with Crippen LogP contribution in [0.15, 0.2) is 66.7 Å². The monoisotopic (exact) mass is 545 g/mol. The number of aromatic nitrogens is 1. The molecule has 5 N–H and O–H groups in total. The molecule has 0 radical (unpaired) electrons. The van der Waals surface area contributed by atoms with E-state index in [9.17, 15) is 18.8 Å². The van der Waals surface area contributed by atoms with Crippen molar-refractivity contribution in [1.82, 2.24) is 9.69 Å². The molecule has 5 rings (SSSR count). The number of hydrogen-bond donors (Lipinski definition) is 3. The van der Waals surface area contributed by atoms with Gasteiger partial charge >= 0.3 is 0 Å². The maximum atomic E-state index is 14.3. The van der Waals surface area contributed by atoms with Crippen LogP contribution in [0.25, 0.3) is 10.8 Å². The van der Waals surface area contributed by atoms with Crippen LogP contribution in [0.4, 0.5) is 15.8 Å². The predicted octanol–water partition coefficient (Wildman–Crippen LogP) is 4.95. The summed E-state index contributed by atoms with van der Waals surface area (Å²) >= 11 is 0.745. The van der Waals surface area contributed by atoms with Crippen molar-refractivity contribution in [2.45, 2.75) is 44.2 Å². The first-order valence-electron chi connectivity index (χ1n) is 12.8. The summed E-state index contributed by atoms with van der Waals surface area (Å²) in [6.07, 6.45) is 4.81. The second-order valence-corrected chi connectivity index (χ2v) is 10.4. The van der Waals surface area contributed by atoms with Gasteiger partial charge in [-0.3, -0.25) is 19.3 Å². The fraction of sp³-hybridized carbons (Fsp3) is 0.241. The molecule has 1 saturated carbocycles. The zero-order valence-corrected chi connectivity index (χ0v) is 21.9. The first-order chi connectivity index (χ1) is 18.8. The van der Waals surface area contributed by atoms with E-state index >= 15 is 0 Å². The van der Waals surface area contributed by atoms with Crippen molar-refractivity contribution < 1.29 is 18.8 Å². The Morgan fingerprint density at radius 2 is 1.67 bits per heavy atom. The number of amides is 3. The number of halogens is 1. The van der Waals surface area contributed by atoms with E-state index in [4.69, 9.17) is 11.5 Å². The predicted molar refractivity (Wildman–Crippen MR) is 150 cm³/mol. The summed E-state index contributed by atoms with van der Waals surface area (Å²) in [5.74, 6) is -2.34. The second-order valence-electron chi connectivity index (χ2n) is 9.61. The van der Waals surface area contributed by atoms with Gasteiger partial charge in [0, 0.05) is 11.4 Å². The topological polar surface area (TPSA) is 131 Å². The average molecular weight is 546 g/mol. The molecule has 1 aliphatic rings. The third-order valence-corrected chi connectivity index (χ3v) is 7.90. The molecule has 0 unspecified atom stereocenters. The maximum absolute atomic E-state index is 14.3. The number of nitrogens with zero attached hydrogens (tertiary/aromatic N) is 2. The van der Waals surface area contributed by atoms with Gasteiger partial charge < -0.3 is 16.8 Å². The number of anilines is 2. The van der Waals surface area contributed by atoms with Crippen LogP contribution in [-0.4, -0.2) is 28.1 Å². The molecule has 0 saturated heterocycles. The number of carbonyl (C=O) groups is 3. The Morgan fingerprint density at radius 3 is 2.36 bits per heavy atom. The number of hydrogen-bond acceptors (Lipinski definition) is 6. The molecule has 4 aromatic rings. The van der Waals surface area contributed by atoms with E-state index in [2.05, 4.69) is 9.69 Å². The van der Waals surface area contributed by atoms with Crippen LogP contribution in [0.5, 0.6) is 0 Å². The lowest BCUT2D eigenvalue weighted by Crippen LogP contribution is -2.47. The van der Waals surface area contributed by atoms with Crippen LogP contribution in [0.1, 0.15) is 63.9 Å². The SMILES string of the molecule is NC(=O)c1nsc(C(=O)N(c2cccc3ccccc23)[C@@H](C(=O)NC2CCCCC2)c2ccc(F)cc2)c1N. The first-order valence-corrected chi connectivity index (χ1v) is 13.5. The Balaban J connectivity index is 1.70. The number of fused-ring (bicyclic) bond motifs is 1. The van der Waals surface area contributed by atoms with E-state index in [0.717, 1.165) is 54.4 Å². The molecule has 1 atom stereocenters. The number of benzene rings is 3. The van der Waals surface area contributed by atoms with E-state index in [1.54, 1.807) is 12.1 Å². The molecule has 0 spiro atoms. The molecule has 3 amide bonds. The minimum absolute atomic E-state index is 0.0192. The summed E-state index contributed by atoms with van der Waals surface area (Å²) in [5, 5.41) is 4.71. The van der Waals surface area contributed by atoms with E-state index in [-0.39, 0.29) is 22.3 Å². The first kappa shape index (κ1) is 26.3. The van der Waals surface area contributed by atoms with Crippen LogP contribution < -0.4 is 21.7 Å². The zero-order chi connectivity index (χ0) is 27.5. The van der Waals surface area contributed by atoms with Gasteiger partial charge in [0.15, 0.2) is 5.69 Å². The highest BCUT2D eigenvalue weighted by Crippen LogP contribution is 2.37. The molecule has 3 aromatic carbocycles. The average Bonchev–Trinajstić information content (AvgIpc) is 3.34. The molecular weight excluding hydrogens is 517 g/mol. The molecule has 39 heavy (non-hydrogen) atoms. The molecule has 200 valence electrons. The minimum atomic E-state index is -1.16. The summed E-state index contributed by atoms with van der Waals surface area (Å²) < 4.78 is 18.0. The molecule has 1 aromatic heterocycles. The van der Waals surface area contributed by atoms with Crippen molar-refractivity contribution in [3.63, 3.8) is 0 Å². The third kappa shape index (κ3) is 5.33. The Morgan fingerprint density at radius 1 is 0.974 bits per heavy atom. The molecule has 10 heteroatoms. The highest BCUT2D eigenvalue weighted by atomic mass is 32.1. The van der Waals surface area contributed by atoms with E-state index in [1.807, 2.05) is 30.3 Å². The Bertz CT molecular complexity index is 1530.